The van der Waals surface area contributed by atoms with Gasteiger partial charge >= 0.3 is 0 Å². The van der Waals surface area contributed by atoms with Crippen LogP contribution in [0.25, 0.3) is 0 Å². The molecule has 0 aromatic heterocycles. The van der Waals surface area contributed by atoms with Crippen LogP contribution in [0, 0.1) is 22.9 Å². The first-order valence-electron chi connectivity index (χ1n) is 4.05. The smallest absolute Gasteiger partial charge is 0.170 e. The maximum absolute atomic E-state index is 8.39. The summed E-state index contributed by atoms with van der Waals surface area (Å²) in [6.45, 7) is 0. The van der Waals surface area contributed by atoms with Crippen molar-refractivity contribution in [3.8, 4) is 12.4 Å². The SMILES string of the molecule is CSC(=NC#N)SCCSC(=NC#N)SC. The molecule has 16 heavy (non-hydrogen) atoms. The first-order chi connectivity index (χ1) is 7.78. The third-order valence-electron chi connectivity index (χ3n) is 1.17. The van der Waals surface area contributed by atoms with Gasteiger partial charge in [-0.25, -0.2) is 0 Å². The molecule has 8 heteroatoms. The molecule has 0 saturated carbocycles. The quantitative estimate of drug-likeness (QED) is 0.344. The minimum absolute atomic E-state index is 0.769. The van der Waals surface area contributed by atoms with Crippen LogP contribution in [0.4, 0.5) is 0 Å². The Morgan fingerprint density at radius 2 is 1.31 bits per heavy atom. The van der Waals surface area contributed by atoms with Crippen LogP contribution in [-0.4, -0.2) is 32.8 Å². The van der Waals surface area contributed by atoms with Gasteiger partial charge in [0.2, 0.25) is 12.4 Å². The largest absolute Gasteiger partial charge is 0.207 e. The number of nitrogens with zero attached hydrogens (tertiary/aromatic N) is 4. The Morgan fingerprint density at radius 3 is 1.56 bits per heavy atom. The van der Waals surface area contributed by atoms with Crippen molar-refractivity contribution in [1.82, 2.24) is 0 Å². The van der Waals surface area contributed by atoms with Gasteiger partial charge in [-0.05, 0) is 12.5 Å². The molecule has 0 aliphatic rings. The molecule has 0 N–H and O–H groups in total. The molecule has 0 unspecified atom stereocenters. The lowest BCUT2D eigenvalue weighted by atomic mass is 11.0. The minimum atomic E-state index is 0.769. The molecule has 0 saturated heterocycles. The Kier molecular flexibility index (Phi) is 11.0. The predicted octanol–water partition coefficient (Wildman–Crippen LogP) is 2.85. The van der Waals surface area contributed by atoms with Gasteiger partial charge in [0.05, 0.1) is 0 Å². The summed E-state index contributed by atoms with van der Waals surface area (Å²) in [7, 11) is 0. The maximum Gasteiger partial charge on any atom is 0.207 e. The molecule has 0 atom stereocenters. The van der Waals surface area contributed by atoms with Gasteiger partial charge in [0.25, 0.3) is 0 Å². The lowest BCUT2D eigenvalue weighted by Crippen LogP contribution is -1.93. The molecule has 0 spiro atoms. The standard InChI is InChI=1S/C8H10N4S4/c1-13-7(11-5-9)15-3-4-16-8(14-2)12-6-10/h3-4H2,1-2H3. The van der Waals surface area contributed by atoms with Crippen LogP contribution in [0.5, 0.6) is 0 Å². The summed E-state index contributed by atoms with van der Waals surface area (Å²) in [6, 6.07) is 0. The van der Waals surface area contributed by atoms with Crippen molar-refractivity contribution >= 4 is 55.8 Å². The number of hydrogen-bond donors (Lipinski definition) is 0. The van der Waals surface area contributed by atoms with Crippen molar-refractivity contribution in [2.45, 2.75) is 0 Å². The fourth-order valence-electron chi connectivity index (χ4n) is 0.613. The third kappa shape index (κ3) is 7.94. The maximum atomic E-state index is 8.39. The summed E-state index contributed by atoms with van der Waals surface area (Å²) in [5.41, 5.74) is 0. The third-order valence-corrected chi connectivity index (χ3v) is 5.51. The van der Waals surface area contributed by atoms with Gasteiger partial charge in [-0.3, -0.25) is 0 Å². The molecule has 0 aromatic carbocycles. The first-order valence-corrected chi connectivity index (χ1v) is 8.47. The normalized spacial score (nSPS) is 12.0. The number of thioether (sulfide) groups is 4. The molecular formula is C8H10N4S4. The van der Waals surface area contributed by atoms with Crippen LogP contribution in [0.15, 0.2) is 9.98 Å². The van der Waals surface area contributed by atoms with E-state index in [2.05, 4.69) is 9.98 Å². The van der Waals surface area contributed by atoms with E-state index in [-0.39, 0.29) is 0 Å². The zero-order chi connectivity index (χ0) is 12.2. The zero-order valence-corrected chi connectivity index (χ0v) is 12.1. The summed E-state index contributed by atoms with van der Waals surface area (Å²) >= 11 is 6.00. The molecule has 0 fully saturated rings. The molecule has 0 rings (SSSR count). The summed E-state index contributed by atoms with van der Waals surface area (Å²) in [6.07, 6.45) is 7.32. The Labute approximate surface area is 112 Å². The second-order valence-electron chi connectivity index (χ2n) is 2.06. The Hall–Kier alpha value is -0.280. The average Bonchev–Trinajstić information content (AvgIpc) is 2.31. The molecule has 0 heterocycles. The van der Waals surface area contributed by atoms with E-state index in [1.54, 1.807) is 12.4 Å². The molecule has 0 aliphatic heterocycles. The summed E-state index contributed by atoms with van der Waals surface area (Å²) in [5, 5.41) is 16.8. The second-order valence-corrected chi connectivity index (χ2v) is 6.33. The van der Waals surface area contributed by atoms with Gasteiger partial charge in [-0.2, -0.15) is 20.5 Å². The van der Waals surface area contributed by atoms with Crippen LogP contribution < -0.4 is 0 Å². The fraction of sp³-hybridized carbons (Fsp3) is 0.500. The number of aliphatic imine (C=N–C) groups is 2. The van der Waals surface area contributed by atoms with Crippen molar-refractivity contribution in [2.24, 2.45) is 9.98 Å². The average molecular weight is 290 g/mol. The molecule has 0 amide bonds. The Bertz CT molecular complexity index is 305. The van der Waals surface area contributed by atoms with E-state index in [4.69, 9.17) is 10.5 Å². The van der Waals surface area contributed by atoms with Crippen molar-refractivity contribution in [2.75, 3.05) is 24.0 Å². The molecule has 86 valence electrons. The molecule has 4 nitrogen and oxygen atoms in total. The van der Waals surface area contributed by atoms with E-state index in [1.807, 2.05) is 12.5 Å². The Balaban J connectivity index is 3.84. The lowest BCUT2D eigenvalue weighted by molar-refractivity contribution is 1.45. The zero-order valence-electron chi connectivity index (χ0n) is 8.84. The van der Waals surface area contributed by atoms with Gasteiger partial charge in [0.1, 0.15) is 8.75 Å². The highest BCUT2D eigenvalue weighted by molar-refractivity contribution is 8.40. The number of rotatable bonds is 3. The van der Waals surface area contributed by atoms with Crippen LogP contribution in [-0.2, 0) is 0 Å². The van der Waals surface area contributed by atoms with Gasteiger partial charge in [-0.15, -0.1) is 23.5 Å². The first kappa shape index (κ1) is 15.7. The molecule has 0 aromatic rings. The molecule has 0 radical (unpaired) electrons. The van der Waals surface area contributed by atoms with E-state index in [0.29, 0.717) is 0 Å². The van der Waals surface area contributed by atoms with Crippen LogP contribution >= 0.6 is 47.0 Å². The van der Waals surface area contributed by atoms with Crippen LogP contribution in [0.1, 0.15) is 0 Å². The van der Waals surface area contributed by atoms with Crippen molar-refractivity contribution in [3.63, 3.8) is 0 Å². The summed E-state index contributed by atoms with van der Waals surface area (Å²) < 4.78 is 1.54. The Morgan fingerprint density at radius 1 is 0.938 bits per heavy atom. The summed E-state index contributed by atoms with van der Waals surface area (Å²) in [5.74, 6) is 1.69. The summed E-state index contributed by atoms with van der Waals surface area (Å²) in [4.78, 5) is 7.33. The van der Waals surface area contributed by atoms with Crippen LogP contribution in [0.2, 0.25) is 0 Å². The van der Waals surface area contributed by atoms with E-state index in [9.17, 15) is 0 Å². The number of hydrogen-bond acceptors (Lipinski definition) is 8. The van der Waals surface area contributed by atoms with E-state index in [0.717, 1.165) is 20.3 Å². The van der Waals surface area contributed by atoms with Gasteiger partial charge < -0.3 is 0 Å². The number of nitriles is 2. The van der Waals surface area contributed by atoms with Crippen molar-refractivity contribution < 1.29 is 0 Å². The molecule has 0 bridgehead atoms. The molecule has 0 aliphatic carbocycles. The van der Waals surface area contributed by atoms with Gasteiger partial charge in [-0.1, -0.05) is 23.5 Å². The predicted molar refractivity (Wildman–Crippen MR) is 78.0 cm³/mol. The van der Waals surface area contributed by atoms with Gasteiger partial charge in [0, 0.05) is 11.5 Å². The monoisotopic (exact) mass is 290 g/mol. The van der Waals surface area contributed by atoms with Gasteiger partial charge in [0.15, 0.2) is 0 Å². The van der Waals surface area contributed by atoms with E-state index >= 15 is 0 Å². The highest BCUT2D eigenvalue weighted by Crippen LogP contribution is 2.19. The topological polar surface area (TPSA) is 72.3 Å². The van der Waals surface area contributed by atoms with E-state index in [1.165, 1.54) is 47.0 Å². The van der Waals surface area contributed by atoms with Crippen molar-refractivity contribution in [1.29, 1.82) is 10.5 Å². The highest BCUT2D eigenvalue weighted by atomic mass is 32.2. The lowest BCUT2D eigenvalue weighted by Gasteiger charge is -2.01. The fourth-order valence-corrected chi connectivity index (χ4v) is 3.55. The minimum Gasteiger partial charge on any atom is -0.170 e. The van der Waals surface area contributed by atoms with Crippen LogP contribution in [0.3, 0.4) is 0 Å². The highest BCUT2D eigenvalue weighted by Gasteiger charge is 2.01. The van der Waals surface area contributed by atoms with E-state index < -0.39 is 0 Å². The second kappa shape index (κ2) is 11.2. The molecular weight excluding hydrogens is 280 g/mol. The van der Waals surface area contributed by atoms with Crippen molar-refractivity contribution in [3.05, 3.63) is 0 Å².